The molecular weight excluding hydrogens is 316 g/mol. The van der Waals surface area contributed by atoms with Crippen molar-refractivity contribution in [2.24, 2.45) is 0 Å². The van der Waals surface area contributed by atoms with Crippen molar-refractivity contribution in [3.63, 3.8) is 0 Å². The van der Waals surface area contributed by atoms with Gasteiger partial charge in [-0.3, -0.25) is 0 Å². The molecular formula is C21H34O4. The van der Waals surface area contributed by atoms with E-state index >= 15 is 0 Å². The fourth-order valence-electron chi connectivity index (χ4n) is 3.22. The number of carbonyl (C=O) groups is 1. The van der Waals surface area contributed by atoms with Crippen molar-refractivity contribution in [1.82, 2.24) is 0 Å². The van der Waals surface area contributed by atoms with Gasteiger partial charge in [0.1, 0.15) is 0 Å². The molecule has 0 radical (unpaired) electrons. The fourth-order valence-corrected chi connectivity index (χ4v) is 3.22. The lowest BCUT2D eigenvalue weighted by molar-refractivity contribution is 0.0695. The normalized spacial score (nSPS) is 10.9. The van der Waals surface area contributed by atoms with Crippen LogP contribution in [-0.2, 0) is 6.42 Å². The van der Waals surface area contributed by atoms with Crippen molar-refractivity contribution in [2.75, 3.05) is 0 Å². The molecule has 25 heavy (non-hydrogen) atoms. The van der Waals surface area contributed by atoms with Crippen LogP contribution in [-0.4, -0.2) is 21.3 Å². The number of phenols is 2. The van der Waals surface area contributed by atoms with Crippen molar-refractivity contribution < 1.29 is 20.1 Å². The molecule has 0 saturated heterocycles. The standard InChI is InChI=1S/C21H34O4/c1-2-3-4-5-6-7-8-9-10-11-12-13-14-17-18(21(24)25)15-16-19(22)20(17)23/h15-16,22-23H,2-14H2,1H3,(H,24,25). The summed E-state index contributed by atoms with van der Waals surface area (Å²) in [6.45, 7) is 2.24. The van der Waals surface area contributed by atoms with E-state index in [-0.39, 0.29) is 17.1 Å². The number of benzene rings is 1. The van der Waals surface area contributed by atoms with Gasteiger partial charge in [-0.25, -0.2) is 4.79 Å². The summed E-state index contributed by atoms with van der Waals surface area (Å²) in [5.41, 5.74) is 0.429. The number of carboxylic acids is 1. The number of aromatic hydroxyl groups is 2. The summed E-state index contributed by atoms with van der Waals surface area (Å²) in [6, 6.07) is 2.58. The Morgan fingerprint density at radius 1 is 0.800 bits per heavy atom. The van der Waals surface area contributed by atoms with Gasteiger partial charge in [0.05, 0.1) is 5.56 Å². The van der Waals surface area contributed by atoms with E-state index in [2.05, 4.69) is 6.92 Å². The summed E-state index contributed by atoms with van der Waals surface area (Å²) in [4.78, 5) is 11.2. The number of hydrogen-bond donors (Lipinski definition) is 3. The van der Waals surface area contributed by atoms with E-state index in [0.717, 1.165) is 19.3 Å². The SMILES string of the molecule is CCCCCCCCCCCCCCc1c(C(=O)O)ccc(O)c1O. The Morgan fingerprint density at radius 2 is 1.28 bits per heavy atom. The Morgan fingerprint density at radius 3 is 1.76 bits per heavy atom. The molecule has 0 aliphatic rings. The monoisotopic (exact) mass is 350 g/mol. The maximum Gasteiger partial charge on any atom is 0.336 e. The first-order valence-electron chi connectivity index (χ1n) is 9.85. The Bertz CT molecular complexity index is 511. The number of rotatable bonds is 14. The Balaban J connectivity index is 2.14. The van der Waals surface area contributed by atoms with Crippen LogP contribution < -0.4 is 0 Å². The second-order valence-electron chi connectivity index (χ2n) is 6.90. The Hall–Kier alpha value is -1.71. The van der Waals surface area contributed by atoms with Gasteiger partial charge in [-0.2, -0.15) is 0 Å². The number of hydrogen-bond acceptors (Lipinski definition) is 3. The second kappa shape index (κ2) is 12.6. The summed E-state index contributed by atoms with van der Waals surface area (Å²) in [6.07, 6.45) is 15.4. The fraction of sp³-hybridized carbons (Fsp3) is 0.667. The molecule has 0 amide bonds. The molecule has 1 aromatic carbocycles. The minimum absolute atomic E-state index is 0.0818. The predicted molar refractivity (Wildman–Crippen MR) is 102 cm³/mol. The van der Waals surface area contributed by atoms with Gasteiger partial charge in [-0.15, -0.1) is 0 Å². The van der Waals surface area contributed by atoms with Gasteiger partial charge >= 0.3 is 5.97 Å². The summed E-state index contributed by atoms with van der Waals surface area (Å²) >= 11 is 0. The molecule has 0 atom stereocenters. The van der Waals surface area contributed by atoms with Crippen molar-refractivity contribution in [2.45, 2.75) is 90.4 Å². The van der Waals surface area contributed by atoms with Crippen LogP contribution in [0.3, 0.4) is 0 Å². The largest absolute Gasteiger partial charge is 0.504 e. The molecule has 1 rings (SSSR count). The number of unbranched alkanes of at least 4 members (excludes halogenated alkanes) is 11. The number of aromatic carboxylic acids is 1. The van der Waals surface area contributed by atoms with E-state index in [0.29, 0.717) is 12.0 Å². The van der Waals surface area contributed by atoms with Crippen molar-refractivity contribution in [3.8, 4) is 11.5 Å². The highest BCUT2D eigenvalue weighted by atomic mass is 16.4. The Labute approximate surface area is 151 Å². The Kier molecular flexibility index (Phi) is 10.8. The molecule has 4 heteroatoms. The maximum absolute atomic E-state index is 11.2. The van der Waals surface area contributed by atoms with E-state index < -0.39 is 5.97 Å². The maximum atomic E-state index is 11.2. The molecule has 0 unspecified atom stereocenters. The minimum atomic E-state index is -1.07. The quantitative estimate of drug-likeness (QED) is 0.282. The van der Waals surface area contributed by atoms with E-state index in [1.807, 2.05) is 0 Å². The van der Waals surface area contributed by atoms with Crippen molar-refractivity contribution >= 4 is 5.97 Å². The van der Waals surface area contributed by atoms with Crippen LogP contribution in [0.4, 0.5) is 0 Å². The topological polar surface area (TPSA) is 77.8 Å². The van der Waals surface area contributed by atoms with Crippen LogP contribution >= 0.6 is 0 Å². The summed E-state index contributed by atoms with van der Waals surface area (Å²) < 4.78 is 0. The molecule has 0 saturated carbocycles. The summed E-state index contributed by atoms with van der Waals surface area (Å²) in [7, 11) is 0. The number of carboxylic acid groups (broad SMARTS) is 1. The highest BCUT2D eigenvalue weighted by molar-refractivity contribution is 5.90. The molecule has 0 aromatic heterocycles. The molecule has 0 aliphatic carbocycles. The van der Waals surface area contributed by atoms with Crippen LogP contribution in [0.25, 0.3) is 0 Å². The molecule has 0 fully saturated rings. The van der Waals surface area contributed by atoms with E-state index in [1.165, 1.54) is 69.9 Å². The lowest BCUT2D eigenvalue weighted by Crippen LogP contribution is -2.03. The minimum Gasteiger partial charge on any atom is -0.504 e. The summed E-state index contributed by atoms with van der Waals surface area (Å²) in [5, 5.41) is 28.6. The molecule has 0 bridgehead atoms. The van der Waals surface area contributed by atoms with Crippen LogP contribution in [0.15, 0.2) is 12.1 Å². The van der Waals surface area contributed by atoms with Gasteiger partial charge in [-0.05, 0) is 25.0 Å². The highest BCUT2D eigenvalue weighted by Crippen LogP contribution is 2.32. The first-order valence-corrected chi connectivity index (χ1v) is 9.85. The molecule has 4 nitrogen and oxygen atoms in total. The molecule has 3 N–H and O–H groups in total. The van der Waals surface area contributed by atoms with Gasteiger partial charge in [0.25, 0.3) is 0 Å². The smallest absolute Gasteiger partial charge is 0.336 e. The molecule has 0 spiro atoms. The van der Waals surface area contributed by atoms with Gasteiger partial charge in [0.2, 0.25) is 0 Å². The zero-order valence-corrected chi connectivity index (χ0v) is 15.6. The zero-order chi connectivity index (χ0) is 18.5. The third-order valence-corrected chi connectivity index (χ3v) is 4.77. The lowest BCUT2D eigenvalue weighted by Gasteiger charge is -2.10. The molecule has 142 valence electrons. The first-order chi connectivity index (χ1) is 12.1. The van der Waals surface area contributed by atoms with Gasteiger partial charge in [0, 0.05) is 5.56 Å². The van der Waals surface area contributed by atoms with Gasteiger partial charge in [0.15, 0.2) is 11.5 Å². The van der Waals surface area contributed by atoms with Crippen molar-refractivity contribution in [3.05, 3.63) is 23.3 Å². The van der Waals surface area contributed by atoms with Gasteiger partial charge < -0.3 is 15.3 Å². The van der Waals surface area contributed by atoms with Crippen LogP contribution in [0.2, 0.25) is 0 Å². The average molecular weight is 350 g/mol. The average Bonchev–Trinajstić information content (AvgIpc) is 2.59. The third-order valence-electron chi connectivity index (χ3n) is 4.77. The first kappa shape index (κ1) is 21.3. The molecule has 1 aromatic rings. The van der Waals surface area contributed by atoms with Crippen LogP contribution in [0, 0.1) is 0 Å². The van der Waals surface area contributed by atoms with E-state index in [4.69, 9.17) is 0 Å². The van der Waals surface area contributed by atoms with Gasteiger partial charge in [-0.1, -0.05) is 77.6 Å². The second-order valence-corrected chi connectivity index (χ2v) is 6.90. The number of phenolic OH excluding ortho intramolecular Hbond substituents is 2. The predicted octanol–water partition coefficient (Wildman–Crippen LogP) is 6.04. The van der Waals surface area contributed by atoms with Crippen molar-refractivity contribution in [1.29, 1.82) is 0 Å². The van der Waals surface area contributed by atoms with E-state index in [1.54, 1.807) is 0 Å². The zero-order valence-electron chi connectivity index (χ0n) is 15.6. The summed E-state index contributed by atoms with van der Waals surface area (Å²) in [5.74, 6) is -1.61. The molecule has 0 heterocycles. The van der Waals surface area contributed by atoms with Crippen LogP contribution in [0.1, 0.15) is 99.9 Å². The van der Waals surface area contributed by atoms with E-state index in [9.17, 15) is 20.1 Å². The lowest BCUT2D eigenvalue weighted by atomic mass is 9.98. The molecule has 0 aliphatic heterocycles. The van der Waals surface area contributed by atoms with Crippen LogP contribution in [0.5, 0.6) is 11.5 Å². The third kappa shape index (κ3) is 8.28. The highest BCUT2D eigenvalue weighted by Gasteiger charge is 2.16.